The number of rotatable bonds is 26. The van der Waals surface area contributed by atoms with Crippen molar-refractivity contribution in [2.24, 2.45) is 29.6 Å². The Balaban J connectivity index is 0.000000331. The maximum Gasteiger partial charge on any atom is 0.219 e. The fourth-order valence-electron chi connectivity index (χ4n) is 8.62. The molecule has 2 saturated carbocycles. The molecule has 0 saturated heterocycles. The van der Waals surface area contributed by atoms with E-state index in [0.717, 1.165) is 57.8 Å². The summed E-state index contributed by atoms with van der Waals surface area (Å²) >= 11 is 0. The molecule has 2 aliphatic rings. The lowest BCUT2D eigenvalue weighted by Gasteiger charge is -2.21. The second kappa shape index (κ2) is 31.8. The average molecular weight is 893 g/mol. The van der Waals surface area contributed by atoms with Crippen LogP contribution in [0, 0.1) is 29.6 Å². The third-order valence-electron chi connectivity index (χ3n) is 12.1. The Bertz CT molecular complexity index is 1620. The predicted molar refractivity (Wildman–Crippen MR) is 260 cm³/mol. The molecule has 0 spiro atoms. The van der Waals surface area contributed by atoms with Crippen LogP contribution < -0.4 is 10.6 Å². The van der Waals surface area contributed by atoms with E-state index < -0.39 is 18.3 Å². The van der Waals surface area contributed by atoms with Crippen molar-refractivity contribution in [1.29, 1.82) is 0 Å². The molecule has 62 heavy (non-hydrogen) atoms. The van der Waals surface area contributed by atoms with Gasteiger partial charge in [-0.2, -0.15) is 0 Å². The summed E-state index contributed by atoms with van der Waals surface area (Å²) in [5.41, 5.74) is 2.53. The maximum absolute atomic E-state index is 11.5. The Kier molecular flexibility index (Phi) is 27.3. The normalized spacial score (nSPS) is 25.0. The molecule has 2 fully saturated rings. The predicted octanol–water partition coefficient (Wildman–Crippen LogP) is 8.98. The van der Waals surface area contributed by atoms with Crippen LogP contribution in [0.1, 0.15) is 109 Å². The number of aryl methyl sites for hydroxylation is 2. The molecule has 6 N–H and O–H groups in total. The molecule has 0 radical (unpaired) electrons. The summed E-state index contributed by atoms with van der Waals surface area (Å²) < 4.78 is 5.98. The minimum absolute atomic E-state index is 0.0581. The fourth-order valence-corrected chi connectivity index (χ4v) is 9.51. The SMILES string of the molecule is CCNC(=O)CCC/C=C\C[C@@H]1[C@@H](/C=C/[C@@H](O)CCc2ccccc2)[C@H](O)C[C@@H]1O.CCNC(=O)CCC/C=C\C[C@@H]1[C@@H](/C=C/[C@H](CCc2ccccc2)OPP)[C@H](C)C[C@@H]1O. The van der Waals surface area contributed by atoms with Gasteiger partial charge in [-0.05, 0) is 119 Å². The second-order valence-electron chi connectivity index (χ2n) is 16.9. The molecular weight excluding hydrogens is 815 g/mol. The van der Waals surface area contributed by atoms with Crippen molar-refractivity contribution in [2.75, 3.05) is 13.1 Å². The minimum Gasteiger partial charge on any atom is -0.393 e. The van der Waals surface area contributed by atoms with E-state index in [0.29, 0.717) is 65.5 Å². The van der Waals surface area contributed by atoms with Gasteiger partial charge >= 0.3 is 0 Å². The highest BCUT2D eigenvalue weighted by Gasteiger charge is 2.40. The summed E-state index contributed by atoms with van der Waals surface area (Å²) in [7, 11) is 3.06. The van der Waals surface area contributed by atoms with Crippen LogP contribution in [0.25, 0.3) is 0 Å². The summed E-state index contributed by atoms with van der Waals surface area (Å²) in [6.45, 7) is 7.44. The number of aliphatic hydroxyl groups is 4. The molecule has 4 rings (SSSR count). The smallest absolute Gasteiger partial charge is 0.219 e. The number of carbonyl (C=O) groups excluding carboxylic acids is 2. The summed E-state index contributed by atoms with van der Waals surface area (Å²) in [6.07, 6.45) is 25.4. The van der Waals surface area contributed by atoms with E-state index in [-0.39, 0.29) is 41.8 Å². The van der Waals surface area contributed by atoms with Crippen molar-refractivity contribution in [2.45, 2.75) is 141 Å². The highest BCUT2D eigenvalue weighted by atomic mass is 32.0. The molecule has 0 bridgehead atoms. The molecule has 2 aromatic rings. The summed E-state index contributed by atoms with van der Waals surface area (Å²) in [6, 6.07) is 20.6. The van der Waals surface area contributed by atoms with Crippen LogP contribution in [0.2, 0.25) is 0 Å². The van der Waals surface area contributed by atoms with Crippen LogP contribution in [0.4, 0.5) is 0 Å². The van der Waals surface area contributed by atoms with Crippen molar-refractivity contribution in [1.82, 2.24) is 10.6 Å². The highest BCUT2D eigenvalue weighted by molar-refractivity contribution is 8.00. The van der Waals surface area contributed by atoms with Gasteiger partial charge in [0, 0.05) is 46.8 Å². The third-order valence-corrected chi connectivity index (χ3v) is 12.9. The van der Waals surface area contributed by atoms with Crippen molar-refractivity contribution in [3.63, 3.8) is 0 Å². The molecule has 344 valence electrons. The number of nitrogens with one attached hydrogen (secondary N) is 2. The van der Waals surface area contributed by atoms with Crippen LogP contribution >= 0.6 is 17.4 Å². The van der Waals surface area contributed by atoms with E-state index in [1.165, 1.54) is 11.1 Å². The first kappa shape index (κ1) is 53.3. The molecule has 0 heterocycles. The zero-order chi connectivity index (χ0) is 45.0. The third kappa shape index (κ3) is 21.1. The Morgan fingerprint density at radius 1 is 0.726 bits per heavy atom. The van der Waals surface area contributed by atoms with Gasteiger partial charge in [0.05, 0.1) is 30.5 Å². The molecule has 9 nitrogen and oxygen atoms in total. The van der Waals surface area contributed by atoms with Gasteiger partial charge in [0.15, 0.2) is 0 Å². The molecule has 2 aromatic carbocycles. The van der Waals surface area contributed by atoms with Crippen LogP contribution in [0.3, 0.4) is 0 Å². The van der Waals surface area contributed by atoms with Gasteiger partial charge in [-0.1, -0.05) is 125 Å². The largest absolute Gasteiger partial charge is 0.393 e. The van der Waals surface area contributed by atoms with E-state index in [4.69, 9.17) is 4.52 Å². The van der Waals surface area contributed by atoms with Gasteiger partial charge in [-0.3, -0.25) is 9.59 Å². The Hall–Kier alpha value is -3.00. The lowest BCUT2D eigenvalue weighted by Crippen LogP contribution is -2.21. The average Bonchev–Trinajstić information content (AvgIpc) is 3.70. The van der Waals surface area contributed by atoms with E-state index in [9.17, 15) is 30.0 Å². The fraction of sp³-hybridized carbons (Fsp3) is 0.569. The first-order valence-electron chi connectivity index (χ1n) is 23.2. The van der Waals surface area contributed by atoms with Crippen molar-refractivity contribution in [3.05, 3.63) is 120 Å². The van der Waals surface area contributed by atoms with Crippen LogP contribution in [0.5, 0.6) is 0 Å². The van der Waals surface area contributed by atoms with Gasteiger partial charge in [0.2, 0.25) is 11.8 Å². The quantitative estimate of drug-likeness (QED) is 0.0314. The summed E-state index contributed by atoms with van der Waals surface area (Å²) in [4.78, 5) is 23.0. The molecule has 2 unspecified atom stereocenters. The van der Waals surface area contributed by atoms with Crippen molar-refractivity contribution < 1.29 is 34.5 Å². The maximum atomic E-state index is 11.5. The molecule has 12 atom stereocenters. The van der Waals surface area contributed by atoms with E-state index in [1.54, 1.807) is 6.08 Å². The van der Waals surface area contributed by atoms with Crippen LogP contribution in [-0.4, -0.2) is 75.8 Å². The number of unbranched alkanes of at least 4 members (excludes halogenated alkanes) is 2. The number of aliphatic hydroxyl groups excluding tert-OH is 4. The Morgan fingerprint density at radius 3 is 1.76 bits per heavy atom. The van der Waals surface area contributed by atoms with Gasteiger partial charge < -0.3 is 35.6 Å². The van der Waals surface area contributed by atoms with E-state index in [1.807, 2.05) is 68.5 Å². The van der Waals surface area contributed by atoms with Gasteiger partial charge in [0.1, 0.15) is 0 Å². The highest BCUT2D eigenvalue weighted by Crippen LogP contribution is 2.41. The number of benzene rings is 2. The molecule has 0 aliphatic heterocycles. The molecule has 0 aromatic heterocycles. The van der Waals surface area contributed by atoms with Crippen LogP contribution in [0.15, 0.2) is 109 Å². The van der Waals surface area contributed by atoms with Gasteiger partial charge in [-0.15, -0.1) is 0 Å². The second-order valence-corrected chi connectivity index (χ2v) is 18.1. The standard InChI is InChI=1S/C26H41NO3P2.C25H37NO4/c1-3-27-26(29)14-10-5-4-9-13-24-23(20(2)19-25(24)28)18-17-22(30-32-31)16-15-21-11-7-6-8-12-21;1-2-26-25(30)13-9-4-3-8-12-21-22(24(29)18-23(21)28)17-16-20(27)15-14-19-10-6-5-7-11-19/h4,6-9,11-12,17-18,20,22-25,28,32H,3,5,10,13-16,19,31H2,1-2H3,(H,27,29);3,5-8,10-11,16-17,20-24,27-29H,2,4,9,12-15,18H2,1H3,(H,26,30)/b9-4-,18-17+;8-3-,17-16+/t20-,22+,23+,24-,25+;20-,21+,22+,23-,24+/m10/s1. The number of allylic oxidation sites excluding steroid dienone is 5. The van der Waals surface area contributed by atoms with Gasteiger partial charge in [-0.25, -0.2) is 0 Å². The van der Waals surface area contributed by atoms with Crippen molar-refractivity contribution >= 4 is 29.2 Å². The molecular formula is C51H78N2O7P2. The Morgan fingerprint density at radius 2 is 1.23 bits per heavy atom. The number of hydrogen-bond donors (Lipinski definition) is 6. The number of carbonyl (C=O) groups is 2. The van der Waals surface area contributed by atoms with E-state index >= 15 is 0 Å². The topological polar surface area (TPSA) is 148 Å². The molecule has 2 amide bonds. The zero-order valence-corrected chi connectivity index (χ0v) is 39.7. The number of amides is 2. The molecule has 11 heteroatoms. The minimum atomic E-state index is -0.589. The first-order valence-corrected chi connectivity index (χ1v) is 25.9. The lowest BCUT2D eigenvalue weighted by atomic mass is 9.86. The summed E-state index contributed by atoms with van der Waals surface area (Å²) in [5, 5.41) is 47.2. The zero-order valence-electron chi connectivity index (χ0n) is 37.6. The first-order chi connectivity index (χ1) is 30.1. The van der Waals surface area contributed by atoms with Gasteiger partial charge in [0.25, 0.3) is 0 Å². The molecule has 2 aliphatic carbocycles. The number of hydrogen-bond acceptors (Lipinski definition) is 7. The lowest BCUT2D eigenvalue weighted by molar-refractivity contribution is -0.121. The van der Waals surface area contributed by atoms with Crippen LogP contribution in [-0.2, 0) is 27.0 Å². The van der Waals surface area contributed by atoms with E-state index in [2.05, 4.69) is 75.1 Å². The Labute approximate surface area is 377 Å². The van der Waals surface area contributed by atoms with Crippen molar-refractivity contribution in [3.8, 4) is 0 Å². The summed E-state index contributed by atoms with van der Waals surface area (Å²) in [5.74, 6) is 1.06. The monoisotopic (exact) mass is 893 g/mol.